The van der Waals surface area contributed by atoms with E-state index in [-0.39, 0.29) is 11.9 Å². The third-order valence-electron chi connectivity index (χ3n) is 2.80. The summed E-state index contributed by atoms with van der Waals surface area (Å²) in [6.07, 6.45) is 0.900. The van der Waals surface area contributed by atoms with E-state index in [4.69, 9.17) is 11.6 Å². The van der Waals surface area contributed by atoms with Crippen LogP contribution in [0.15, 0.2) is 29.6 Å². The predicted molar refractivity (Wildman–Crippen MR) is 79.8 cm³/mol. The minimum Gasteiger partial charge on any atom is -0.348 e. The maximum Gasteiger partial charge on any atom is 0.270 e. The maximum absolute atomic E-state index is 11.9. The summed E-state index contributed by atoms with van der Waals surface area (Å²) < 4.78 is 0. The molecule has 1 unspecified atom stereocenters. The van der Waals surface area contributed by atoms with Crippen molar-refractivity contribution in [3.8, 4) is 10.6 Å². The van der Waals surface area contributed by atoms with Crippen LogP contribution in [0.5, 0.6) is 0 Å². The number of aromatic nitrogens is 1. The van der Waals surface area contributed by atoms with Crippen molar-refractivity contribution in [2.24, 2.45) is 0 Å². The van der Waals surface area contributed by atoms with Crippen molar-refractivity contribution in [1.82, 2.24) is 10.3 Å². The van der Waals surface area contributed by atoms with E-state index < -0.39 is 0 Å². The van der Waals surface area contributed by atoms with Crippen LogP contribution in [0.25, 0.3) is 10.6 Å². The number of hydrogen-bond acceptors (Lipinski definition) is 3. The van der Waals surface area contributed by atoms with Gasteiger partial charge < -0.3 is 5.32 Å². The zero-order valence-electron chi connectivity index (χ0n) is 10.8. The van der Waals surface area contributed by atoms with Gasteiger partial charge in [0.1, 0.15) is 10.7 Å². The Hall–Kier alpha value is -1.39. The highest BCUT2D eigenvalue weighted by Crippen LogP contribution is 2.25. The first-order valence-electron chi connectivity index (χ1n) is 6.12. The third-order valence-corrected chi connectivity index (χ3v) is 3.92. The molecule has 0 fully saturated rings. The number of benzene rings is 1. The molecule has 1 aromatic heterocycles. The fraction of sp³-hybridized carbons (Fsp3) is 0.286. The summed E-state index contributed by atoms with van der Waals surface area (Å²) in [7, 11) is 0. The second kappa shape index (κ2) is 6.17. The van der Waals surface area contributed by atoms with E-state index in [1.807, 2.05) is 38.1 Å². The van der Waals surface area contributed by atoms with Gasteiger partial charge in [-0.1, -0.05) is 30.7 Å². The van der Waals surface area contributed by atoms with Crippen LogP contribution < -0.4 is 5.32 Å². The van der Waals surface area contributed by atoms with E-state index >= 15 is 0 Å². The average molecular weight is 295 g/mol. The van der Waals surface area contributed by atoms with E-state index in [0.717, 1.165) is 17.0 Å². The Kier molecular flexibility index (Phi) is 4.56. The molecule has 1 N–H and O–H groups in total. The summed E-state index contributed by atoms with van der Waals surface area (Å²) in [4.78, 5) is 16.3. The number of nitrogens with zero attached hydrogens (tertiary/aromatic N) is 1. The standard InChI is InChI=1S/C14H15ClN2OS/c1-3-9(2)16-13(18)12-8-19-14(17-12)10-5-4-6-11(15)7-10/h4-9H,3H2,1-2H3,(H,16,18). The van der Waals surface area contributed by atoms with Crippen LogP contribution in [-0.4, -0.2) is 16.9 Å². The maximum atomic E-state index is 11.9. The SMILES string of the molecule is CCC(C)NC(=O)c1csc(-c2cccc(Cl)c2)n1. The molecule has 0 radical (unpaired) electrons. The zero-order valence-corrected chi connectivity index (χ0v) is 12.4. The Morgan fingerprint density at radius 2 is 2.32 bits per heavy atom. The summed E-state index contributed by atoms with van der Waals surface area (Å²) in [6, 6.07) is 7.62. The summed E-state index contributed by atoms with van der Waals surface area (Å²) in [6.45, 7) is 4.01. The van der Waals surface area contributed by atoms with E-state index in [9.17, 15) is 4.79 Å². The van der Waals surface area contributed by atoms with Crippen LogP contribution in [0.1, 0.15) is 30.8 Å². The molecule has 1 heterocycles. The second-order valence-electron chi connectivity index (χ2n) is 4.33. The van der Waals surface area contributed by atoms with Gasteiger partial charge in [0.15, 0.2) is 0 Å². The minimum absolute atomic E-state index is 0.126. The first kappa shape index (κ1) is 14.0. The summed E-state index contributed by atoms with van der Waals surface area (Å²) >= 11 is 7.39. The molecule has 0 aliphatic carbocycles. The molecule has 0 saturated heterocycles. The molecule has 1 atom stereocenters. The summed E-state index contributed by atoms with van der Waals surface area (Å²) in [5.74, 6) is -0.126. The fourth-order valence-electron chi connectivity index (χ4n) is 1.53. The zero-order chi connectivity index (χ0) is 13.8. The van der Waals surface area contributed by atoms with Gasteiger partial charge in [-0.05, 0) is 25.5 Å². The minimum atomic E-state index is -0.126. The lowest BCUT2D eigenvalue weighted by Crippen LogP contribution is -2.32. The van der Waals surface area contributed by atoms with Crippen molar-refractivity contribution >= 4 is 28.8 Å². The Balaban J connectivity index is 2.17. The lowest BCUT2D eigenvalue weighted by molar-refractivity contribution is 0.0935. The molecule has 0 bridgehead atoms. The average Bonchev–Trinajstić information content (AvgIpc) is 2.88. The monoisotopic (exact) mass is 294 g/mol. The van der Waals surface area contributed by atoms with Crippen molar-refractivity contribution in [2.45, 2.75) is 26.3 Å². The van der Waals surface area contributed by atoms with Crippen molar-refractivity contribution in [3.63, 3.8) is 0 Å². The highest BCUT2D eigenvalue weighted by atomic mass is 35.5. The molecular weight excluding hydrogens is 280 g/mol. The Bertz CT molecular complexity index is 582. The molecule has 100 valence electrons. The first-order valence-corrected chi connectivity index (χ1v) is 7.38. The fourth-order valence-corrected chi connectivity index (χ4v) is 2.52. The second-order valence-corrected chi connectivity index (χ2v) is 5.63. The largest absolute Gasteiger partial charge is 0.348 e. The number of carbonyl (C=O) groups excluding carboxylic acids is 1. The van der Waals surface area contributed by atoms with Crippen molar-refractivity contribution in [1.29, 1.82) is 0 Å². The number of carbonyl (C=O) groups is 1. The van der Waals surface area contributed by atoms with E-state index in [2.05, 4.69) is 10.3 Å². The number of thiazole rings is 1. The topological polar surface area (TPSA) is 42.0 Å². The van der Waals surface area contributed by atoms with Gasteiger partial charge in [-0.15, -0.1) is 11.3 Å². The van der Waals surface area contributed by atoms with Crippen molar-refractivity contribution in [2.75, 3.05) is 0 Å². The smallest absolute Gasteiger partial charge is 0.270 e. The molecule has 0 saturated carbocycles. The number of hydrogen-bond donors (Lipinski definition) is 1. The number of halogens is 1. The molecule has 1 aromatic carbocycles. The van der Waals surface area contributed by atoms with Gasteiger partial charge in [0.05, 0.1) is 0 Å². The van der Waals surface area contributed by atoms with Crippen LogP contribution in [0.2, 0.25) is 5.02 Å². The number of nitrogens with one attached hydrogen (secondary N) is 1. The van der Waals surface area contributed by atoms with Crippen LogP contribution in [0.4, 0.5) is 0 Å². The summed E-state index contributed by atoms with van der Waals surface area (Å²) in [5.41, 5.74) is 1.39. The molecular formula is C14H15ClN2OS. The first-order chi connectivity index (χ1) is 9.10. The van der Waals surface area contributed by atoms with Crippen LogP contribution >= 0.6 is 22.9 Å². The molecule has 0 spiro atoms. The van der Waals surface area contributed by atoms with Gasteiger partial charge in [0, 0.05) is 22.0 Å². The lowest BCUT2D eigenvalue weighted by atomic mass is 10.2. The van der Waals surface area contributed by atoms with E-state index in [1.54, 1.807) is 5.38 Å². The van der Waals surface area contributed by atoms with Crippen molar-refractivity contribution < 1.29 is 4.79 Å². The van der Waals surface area contributed by atoms with Crippen LogP contribution in [0, 0.1) is 0 Å². The third kappa shape index (κ3) is 3.55. The van der Waals surface area contributed by atoms with Crippen LogP contribution in [0.3, 0.4) is 0 Å². The number of rotatable bonds is 4. The lowest BCUT2D eigenvalue weighted by Gasteiger charge is -2.09. The number of amides is 1. The molecule has 2 rings (SSSR count). The van der Waals surface area contributed by atoms with E-state index in [1.165, 1.54) is 11.3 Å². The highest BCUT2D eigenvalue weighted by Gasteiger charge is 2.13. The van der Waals surface area contributed by atoms with Crippen molar-refractivity contribution in [3.05, 3.63) is 40.4 Å². The molecule has 2 aromatic rings. The Morgan fingerprint density at radius 3 is 3.00 bits per heavy atom. The highest BCUT2D eigenvalue weighted by molar-refractivity contribution is 7.13. The van der Waals surface area contributed by atoms with Gasteiger partial charge in [-0.25, -0.2) is 4.98 Å². The van der Waals surface area contributed by atoms with Gasteiger partial charge in [-0.3, -0.25) is 4.79 Å². The van der Waals surface area contributed by atoms with Gasteiger partial charge in [-0.2, -0.15) is 0 Å². The summed E-state index contributed by atoms with van der Waals surface area (Å²) in [5, 5.41) is 6.14. The molecule has 0 aliphatic heterocycles. The van der Waals surface area contributed by atoms with Gasteiger partial charge in [0.2, 0.25) is 0 Å². The quantitative estimate of drug-likeness (QED) is 0.926. The Labute approximate surface area is 121 Å². The molecule has 1 amide bonds. The Morgan fingerprint density at radius 1 is 1.53 bits per heavy atom. The van der Waals surface area contributed by atoms with E-state index in [0.29, 0.717) is 10.7 Å². The van der Waals surface area contributed by atoms with Gasteiger partial charge >= 0.3 is 0 Å². The van der Waals surface area contributed by atoms with Crippen LogP contribution in [-0.2, 0) is 0 Å². The predicted octanol–water partition coefficient (Wildman–Crippen LogP) is 3.99. The molecule has 0 aliphatic rings. The molecule has 5 heteroatoms. The molecule has 3 nitrogen and oxygen atoms in total. The molecule has 19 heavy (non-hydrogen) atoms. The van der Waals surface area contributed by atoms with Gasteiger partial charge in [0.25, 0.3) is 5.91 Å². The normalized spacial score (nSPS) is 12.2.